The third kappa shape index (κ3) is 2.87. The second kappa shape index (κ2) is 6.35. The minimum absolute atomic E-state index is 0.505. The third-order valence-electron chi connectivity index (χ3n) is 2.38. The van der Waals surface area contributed by atoms with Gasteiger partial charge in [0.2, 0.25) is 0 Å². The minimum Gasteiger partial charge on any atom is -0.496 e. The first kappa shape index (κ1) is 12.8. The van der Waals surface area contributed by atoms with Crippen molar-refractivity contribution in [1.29, 1.82) is 0 Å². The number of hydrogen-bond acceptors (Lipinski definition) is 4. The molecule has 0 atom stereocenters. The Morgan fingerprint density at radius 2 is 1.94 bits per heavy atom. The molecule has 90 valence electrons. The molecule has 1 aromatic carbocycles. The van der Waals surface area contributed by atoms with Gasteiger partial charge in [0, 0.05) is 17.7 Å². The van der Waals surface area contributed by atoms with Gasteiger partial charge in [-0.15, -0.1) is 0 Å². The van der Waals surface area contributed by atoms with Crippen LogP contribution in [0.1, 0.15) is 11.1 Å². The highest BCUT2D eigenvalue weighted by Gasteiger charge is 2.10. The normalized spacial score (nSPS) is 10.2. The van der Waals surface area contributed by atoms with E-state index in [2.05, 4.69) is 0 Å². The van der Waals surface area contributed by atoms with Gasteiger partial charge in [-0.05, 0) is 19.1 Å². The fourth-order valence-electron chi connectivity index (χ4n) is 1.61. The zero-order chi connectivity index (χ0) is 12.0. The smallest absolute Gasteiger partial charge is 0.130 e. The second-order valence-corrected chi connectivity index (χ2v) is 3.43. The van der Waals surface area contributed by atoms with Crippen LogP contribution in [0.15, 0.2) is 12.1 Å². The number of benzene rings is 1. The van der Waals surface area contributed by atoms with Gasteiger partial charge >= 0.3 is 0 Å². The Morgan fingerprint density at radius 1 is 1.19 bits per heavy atom. The van der Waals surface area contributed by atoms with Crippen molar-refractivity contribution in [2.45, 2.75) is 13.5 Å². The monoisotopic (exact) mass is 225 g/mol. The molecule has 0 aliphatic heterocycles. The summed E-state index contributed by atoms with van der Waals surface area (Å²) in [6, 6.07) is 3.86. The Morgan fingerprint density at radius 3 is 2.50 bits per heavy atom. The molecule has 1 aromatic rings. The van der Waals surface area contributed by atoms with Gasteiger partial charge in [-0.2, -0.15) is 0 Å². The first-order valence-corrected chi connectivity index (χ1v) is 5.22. The first-order valence-electron chi connectivity index (χ1n) is 5.22. The first-order chi connectivity index (χ1) is 7.74. The fourth-order valence-corrected chi connectivity index (χ4v) is 1.61. The molecule has 2 N–H and O–H groups in total. The maximum atomic E-state index is 5.39. The van der Waals surface area contributed by atoms with Crippen LogP contribution in [0.5, 0.6) is 11.5 Å². The molecule has 0 aliphatic rings. The predicted octanol–water partition coefficient (Wildman–Crippen LogP) is 1.49. The van der Waals surface area contributed by atoms with Gasteiger partial charge in [-0.25, -0.2) is 0 Å². The fraction of sp³-hybridized carbons (Fsp3) is 0.500. The van der Waals surface area contributed by atoms with Crippen molar-refractivity contribution in [2.24, 2.45) is 5.73 Å². The summed E-state index contributed by atoms with van der Waals surface area (Å²) in [5, 5.41) is 0. The van der Waals surface area contributed by atoms with Crippen molar-refractivity contribution in [3.05, 3.63) is 23.3 Å². The van der Waals surface area contributed by atoms with Crippen LogP contribution in [0.4, 0.5) is 0 Å². The summed E-state index contributed by atoms with van der Waals surface area (Å²) in [6.07, 6.45) is 0. The van der Waals surface area contributed by atoms with E-state index in [-0.39, 0.29) is 0 Å². The quantitative estimate of drug-likeness (QED) is 0.745. The Bertz CT molecular complexity index is 339. The van der Waals surface area contributed by atoms with Crippen LogP contribution >= 0.6 is 0 Å². The largest absolute Gasteiger partial charge is 0.496 e. The molecule has 1 rings (SSSR count). The van der Waals surface area contributed by atoms with Crippen molar-refractivity contribution >= 4 is 0 Å². The van der Waals surface area contributed by atoms with E-state index in [4.69, 9.17) is 19.9 Å². The lowest BCUT2D eigenvalue weighted by atomic mass is 10.1. The van der Waals surface area contributed by atoms with Gasteiger partial charge in [0.05, 0.1) is 27.4 Å². The molecule has 0 saturated heterocycles. The molecule has 0 spiro atoms. The zero-order valence-corrected chi connectivity index (χ0v) is 10.1. The lowest BCUT2D eigenvalue weighted by Crippen LogP contribution is -2.09. The molecular weight excluding hydrogens is 206 g/mol. The molecule has 4 nitrogen and oxygen atoms in total. The minimum atomic E-state index is 0.505. The van der Waals surface area contributed by atoms with Crippen LogP contribution in [0.3, 0.4) is 0 Å². The highest BCUT2D eigenvalue weighted by atomic mass is 16.5. The number of rotatable bonds is 6. The van der Waals surface area contributed by atoms with Gasteiger partial charge < -0.3 is 19.9 Å². The molecule has 0 radical (unpaired) electrons. The van der Waals surface area contributed by atoms with Crippen molar-refractivity contribution in [1.82, 2.24) is 0 Å². The summed E-state index contributed by atoms with van der Waals surface area (Å²) in [5.74, 6) is 1.63. The van der Waals surface area contributed by atoms with Crippen LogP contribution < -0.4 is 15.2 Å². The molecule has 0 unspecified atom stereocenters. The number of ether oxygens (including phenoxy) is 3. The van der Waals surface area contributed by atoms with E-state index in [0.29, 0.717) is 19.8 Å². The Kier molecular flexibility index (Phi) is 5.08. The van der Waals surface area contributed by atoms with Crippen molar-refractivity contribution < 1.29 is 14.2 Å². The summed E-state index contributed by atoms with van der Waals surface area (Å²) in [6.45, 7) is 3.54. The lowest BCUT2D eigenvalue weighted by Gasteiger charge is -2.14. The van der Waals surface area contributed by atoms with Crippen LogP contribution in [0.2, 0.25) is 0 Å². The van der Waals surface area contributed by atoms with E-state index in [1.54, 1.807) is 14.2 Å². The molecule has 4 heteroatoms. The van der Waals surface area contributed by atoms with Crippen molar-refractivity contribution in [3.63, 3.8) is 0 Å². The standard InChI is InChI=1S/C12H19NO3/c1-9-11(14-2)5-4-10(12(9)15-3)8-16-7-6-13/h4-5H,6-8,13H2,1-3H3. The van der Waals surface area contributed by atoms with Gasteiger partial charge in [0.1, 0.15) is 11.5 Å². The molecule has 0 amide bonds. The van der Waals surface area contributed by atoms with E-state index in [0.717, 1.165) is 22.6 Å². The number of nitrogens with two attached hydrogens (primary N) is 1. The topological polar surface area (TPSA) is 53.7 Å². The van der Waals surface area contributed by atoms with Crippen LogP contribution in [-0.4, -0.2) is 27.4 Å². The maximum Gasteiger partial charge on any atom is 0.130 e. The van der Waals surface area contributed by atoms with Crippen molar-refractivity contribution in [3.8, 4) is 11.5 Å². The highest BCUT2D eigenvalue weighted by molar-refractivity contribution is 5.49. The molecule has 16 heavy (non-hydrogen) atoms. The number of methoxy groups -OCH3 is 2. The van der Waals surface area contributed by atoms with Crippen LogP contribution in [-0.2, 0) is 11.3 Å². The van der Waals surface area contributed by atoms with E-state index < -0.39 is 0 Å². The highest BCUT2D eigenvalue weighted by Crippen LogP contribution is 2.31. The average Bonchev–Trinajstić information content (AvgIpc) is 2.30. The Balaban J connectivity index is 2.88. The lowest BCUT2D eigenvalue weighted by molar-refractivity contribution is 0.126. The molecule has 0 fully saturated rings. The van der Waals surface area contributed by atoms with E-state index in [1.807, 2.05) is 19.1 Å². The van der Waals surface area contributed by atoms with Crippen molar-refractivity contribution in [2.75, 3.05) is 27.4 Å². The van der Waals surface area contributed by atoms with E-state index in [1.165, 1.54) is 0 Å². The summed E-state index contributed by atoms with van der Waals surface area (Å²) in [7, 11) is 3.29. The van der Waals surface area contributed by atoms with E-state index in [9.17, 15) is 0 Å². The second-order valence-electron chi connectivity index (χ2n) is 3.43. The van der Waals surface area contributed by atoms with Crippen LogP contribution in [0, 0.1) is 6.92 Å². The predicted molar refractivity (Wildman–Crippen MR) is 63.0 cm³/mol. The molecule has 0 aliphatic carbocycles. The molecule has 0 aromatic heterocycles. The zero-order valence-electron chi connectivity index (χ0n) is 10.1. The summed E-state index contributed by atoms with van der Waals surface area (Å²) in [4.78, 5) is 0. The van der Waals surface area contributed by atoms with Gasteiger partial charge in [0.25, 0.3) is 0 Å². The molecule has 0 bridgehead atoms. The van der Waals surface area contributed by atoms with E-state index >= 15 is 0 Å². The van der Waals surface area contributed by atoms with Gasteiger partial charge in [-0.3, -0.25) is 0 Å². The average molecular weight is 225 g/mol. The molecule has 0 heterocycles. The SMILES string of the molecule is COc1ccc(COCCN)c(OC)c1C. The summed E-state index contributed by atoms with van der Waals surface area (Å²) >= 11 is 0. The molecular formula is C12H19NO3. The maximum absolute atomic E-state index is 5.39. The van der Waals surface area contributed by atoms with Crippen LogP contribution in [0.25, 0.3) is 0 Å². The van der Waals surface area contributed by atoms with Gasteiger partial charge in [-0.1, -0.05) is 0 Å². The third-order valence-corrected chi connectivity index (χ3v) is 2.38. The number of hydrogen-bond donors (Lipinski definition) is 1. The Labute approximate surface area is 96.3 Å². The molecule has 0 saturated carbocycles. The van der Waals surface area contributed by atoms with Gasteiger partial charge in [0.15, 0.2) is 0 Å². The summed E-state index contributed by atoms with van der Waals surface area (Å²) in [5.41, 5.74) is 7.36. The summed E-state index contributed by atoms with van der Waals surface area (Å²) < 4.78 is 16.0. The Hall–Kier alpha value is -1.26.